The average Bonchev–Trinajstić information content (AvgIpc) is 3.02. The molecule has 2 fully saturated rings. The fourth-order valence-corrected chi connectivity index (χ4v) is 3.72. The van der Waals surface area contributed by atoms with E-state index in [9.17, 15) is 9.90 Å². The molecule has 0 unspecified atom stereocenters. The number of carbonyl (C=O) groups is 1. The first-order chi connectivity index (χ1) is 10.6. The molecule has 0 radical (unpaired) electrons. The lowest BCUT2D eigenvalue weighted by atomic mass is 9.74. The van der Waals surface area contributed by atoms with Crippen molar-refractivity contribution in [2.45, 2.75) is 49.5 Å². The van der Waals surface area contributed by atoms with E-state index in [0.29, 0.717) is 19.4 Å². The summed E-state index contributed by atoms with van der Waals surface area (Å²) in [5.74, 6) is -0.202. The summed E-state index contributed by atoms with van der Waals surface area (Å²) < 4.78 is 5.51. The van der Waals surface area contributed by atoms with Crippen LogP contribution in [0.25, 0.3) is 0 Å². The van der Waals surface area contributed by atoms with Crippen LogP contribution in [-0.2, 0) is 14.9 Å². The molecule has 4 nitrogen and oxygen atoms in total. The molecule has 1 aromatic rings. The van der Waals surface area contributed by atoms with Gasteiger partial charge in [0.25, 0.3) is 5.91 Å². The van der Waals surface area contributed by atoms with Crippen molar-refractivity contribution in [3.05, 3.63) is 35.9 Å². The molecule has 1 aliphatic carbocycles. The molecule has 22 heavy (non-hydrogen) atoms. The molecule has 1 heterocycles. The van der Waals surface area contributed by atoms with E-state index in [2.05, 4.69) is 17.4 Å². The minimum absolute atomic E-state index is 0.0792. The molecule has 3 rings (SSSR count). The maximum Gasteiger partial charge on any atom is 0.251 e. The van der Waals surface area contributed by atoms with Gasteiger partial charge in [0.15, 0.2) is 0 Å². The molecule has 1 saturated carbocycles. The fraction of sp³-hybridized carbons (Fsp3) is 0.611. The van der Waals surface area contributed by atoms with Crippen molar-refractivity contribution in [3.8, 4) is 0 Å². The predicted molar refractivity (Wildman–Crippen MR) is 84.6 cm³/mol. The Labute approximate surface area is 131 Å². The van der Waals surface area contributed by atoms with Crippen LogP contribution >= 0.6 is 0 Å². The fourth-order valence-electron chi connectivity index (χ4n) is 3.72. The van der Waals surface area contributed by atoms with Gasteiger partial charge in [0.2, 0.25) is 0 Å². The summed E-state index contributed by atoms with van der Waals surface area (Å²) in [6.45, 7) is 2.01. The largest absolute Gasteiger partial charge is 0.381 e. The van der Waals surface area contributed by atoms with Gasteiger partial charge in [0.05, 0.1) is 0 Å². The first-order valence-electron chi connectivity index (χ1n) is 8.29. The van der Waals surface area contributed by atoms with Gasteiger partial charge in [-0.1, -0.05) is 30.3 Å². The van der Waals surface area contributed by atoms with E-state index in [-0.39, 0.29) is 11.3 Å². The highest BCUT2D eigenvalue weighted by Crippen LogP contribution is 2.35. The van der Waals surface area contributed by atoms with E-state index in [1.807, 2.05) is 18.2 Å². The monoisotopic (exact) mass is 303 g/mol. The standard InChI is InChI=1S/C18H25NO3/c20-16(18(21)8-4-5-9-18)19-14-17(10-12-22-13-11-17)15-6-2-1-3-7-15/h1-3,6-7,21H,4-5,8-14H2,(H,19,20). The maximum atomic E-state index is 12.4. The molecular weight excluding hydrogens is 278 g/mol. The minimum atomic E-state index is -1.15. The van der Waals surface area contributed by atoms with Crippen LogP contribution in [0, 0.1) is 0 Å². The van der Waals surface area contributed by atoms with Crippen LogP contribution in [0.3, 0.4) is 0 Å². The Morgan fingerprint density at radius 3 is 2.36 bits per heavy atom. The first-order valence-corrected chi connectivity index (χ1v) is 8.29. The first kappa shape index (κ1) is 15.5. The Morgan fingerprint density at radius 1 is 1.09 bits per heavy atom. The molecule has 0 spiro atoms. The van der Waals surface area contributed by atoms with Crippen LogP contribution in [0.4, 0.5) is 0 Å². The van der Waals surface area contributed by atoms with Crippen molar-refractivity contribution in [1.29, 1.82) is 0 Å². The summed E-state index contributed by atoms with van der Waals surface area (Å²) in [6.07, 6.45) is 4.83. The van der Waals surface area contributed by atoms with Crippen LogP contribution in [-0.4, -0.2) is 36.4 Å². The van der Waals surface area contributed by atoms with Crippen molar-refractivity contribution in [3.63, 3.8) is 0 Å². The second-order valence-corrected chi connectivity index (χ2v) is 6.68. The molecule has 1 aliphatic heterocycles. The maximum absolute atomic E-state index is 12.4. The lowest BCUT2D eigenvalue weighted by molar-refractivity contribution is -0.139. The lowest BCUT2D eigenvalue weighted by Gasteiger charge is -2.38. The smallest absolute Gasteiger partial charge is 0.251 e. The van der Waals surface area contributed by atoms with Gasteiger partial charge in [-0.2, -0.15) is 0 Å². The molecule has 1 saturated heterocycles. The highest BCUT2D eigenvalue weighted by atomic mass is 16.5. The van der Waals surface area contributed by atoms with Gasteiger partial charge in [-0.25, -0.2) is 0 Å². The summed E-state index contributed by atoms with van der Waals surface area (Å²) >= 11 is 0. The quantitative estimate of drug-likeness (QED) is 0.896. The Morgan fingerprint density at radius 2 is 1.73 bits per heavy atom. The van der Waals surface area contributed by atoms with E-state index in [4.69, 9.17) is 4.74 Å². The van der Waals surface area contributed by atoms with E-state index in [0.717, 1.165) is 38.9 Å². The molecular formula is C18H25NO3. The van der Waals surface area contributed by atoms with Crippen molar-refractivity contribution in [2.24, 2.45) is 0 Å². The van der Waals surface area contributed by atoms with Crippen LogP contribution < -0.4 is 5.32 Å². The third kappa shape index (κ3) is 3.03. The van der Waals surface area contributed by atoms with Crippen molar-refractivity contribution in [2.75, 3.05) is 19.8 Å². The number of hydrogen-bond donors (Lipinski definition) is 2. The van der Waals surface area contributed by atoms with Gasteiger partial charge in [0, 0.05) is 25.2 Å². The summed E-state index contributed by atoms with van der Waals surface area (Å²) in [6, 6.07) is 10.3. The summed E-state index contributed by atoms with van der Waals surface area (Å²) in [5.41, 5.74) is 0.0182. The molecule has 1 aromatic carbocycles. The third-order valence-electron chi connectivity index (χ3n) is 5.28. The number of hydrogen-bond acceptors (Lipinski definition) is 3. The van der Waals surface area contributed by atoms with Gasteiger partial charge >= 0.3 is 0 Å². The van der Waals surface area contributed by atoms with E-state index in [1.54, 1.807) is 0 Å². The number of amides is 1. The van der Waals surface area contributed by atoms with Gasteiger partial charge in [-0.15, -0.1) is 0 Å². The van der Waals surface area contributed by atoms with Crippen molar-refractivity contribution >= 4 is 5.91 Å². The molecule has 2 aliphatic rings. The zero-order valence-electron chi connectivity index (χ0n) is 13.0. The Balaban J connectivity index is 1.72. The summed E-state index contributed by atoms with van der Waals surface area (Å²) in [4.78, 5) is 12.4. The molecule has 0 atom stereocenters. The number of ether oxygens (including phenoxy) is 1. The number of carbonyl (C=O) groups excluding carboxylic acids is 1. The van der Waals surface area contributed by atoms with Gasteiger partial charge in [-0.3, -0.25) is 4.79 Å². The highest BCUT2D eigenvalue weighted by molar-refractivity contribution is 5.85. The molecule has 0 aromatic heterocycles. The molecule has 2 N–H and O–H groups in total. The van der Waals surface area contributed by atoms with Gasteiger partial charge in [-0.05, 0) is 44.1 Å². The lowest BCUT2D eigenvalue weighted by Crippen LogP contribution is -2.51. The number of nitrogens with one attached hydrogen (secondary N) is 1. The van der Waals surface area contributed by atoms with E-state index in [1.165, 1.54) is 5.56 Å². The SMILES string of the molecule is O=C(NCC1(c2ccccc2)CCOCC1)C1(O)CCCC1. The Bertz CT molecular complexity index is 502. The number of rotatable bonds is 4. The van der Waals surface area contributed by atoms with Crippen molar-refractivity contribution in [1.82, 2.24) is 5.32 Å². The summed E-state index contributed by atoms with van der Waals surface area (Å²) in [5, 5.41) is 13.4. The highest BCUT2D eigenvalue weighted by Gasteiger charge is 2.41. The zero-order valence-corrected chi connectivity index (χ0v) is 13.0. The second kappa shape index (κ2) is 6.39. The zero-order chi connectivity index (χ0) is 15.5. The predicted octanol–water partition coefficient (Wildman–Crippen LogP) is 2.16. The van der Waals surface area contributed by atoms with Gasteiger partial charge in [0.1, 0.15) is 5.60 Å². The van der Waals surface area contributed by atoms with E-state index < -0.39 is 5.60 Å². The number of benzene rings is 1. The third-order valence-corrected chi connectivity index (χ3v) is 5.28. The van der Waals surface area contributed by atoms with Gasteiger partial charge < -0.3 is 15.2 Å². The molecule has 120 valence electrons. The molecule has 1 amide bonds. The molecule has 0 bridgehead atoms. The molecule has 4 heteroatoms. The van der Waals surface area contributed by atoms with Crippen LogP contribution in [0.2, 0.25) is 0 Å². The Hall–Kier alpha value is -1.39. The normalized spacial score (nSPS) is 23.1. The second-order valence-electron chi connectivity index (χ2n) is 6.68. The van der Waals surface area contributed by atoms with Crippen LogP contribution in [0.15, 0.2) is 30.3 Å². The number of aliphatic hydroxyl groups is 1. The average molecular weight is 303 g/mol. The Kier molecular flexibility index (Phi) is 4.50. The topological polar surface area (TPSA) is 58.6 Å². The minimum Gasteiger partial charge on any atom is -0.381 e. The van der Waals surface area contributed by atoms with E-state index >= 15 is 0 Å². The van der Waals surface area contributed by atoms with Crippen molar-refractivity contribution < 1.29 is 14.6 Å². The van der Waals surface area contributed by atoms with Crippen LogP contribution in [0.1, 0.15) is 44.1 Å². The summed E-state index contributed by atoms with van der Waals surface area (Å²) in [7, 11) is 0. The van der Waals surface area contributed by atoms with Crippen LogP contribution in [0.5, 0.6) is 0 Å².